The minimum absolute atomic E-state index is 0.0820. The van der Waals surface area contributed by atoms with E-state index in [1.54, 1.807) is 0 Å². The van der Waals surface area contributed by atoms with Gasteiger partial charge in [-0.25, -0.2) is 12.8 Å². The number of methoxy groups -OCH3 is 1. The van der Waals surface area contributed by atoms with Gasteiger partial charge < -0.3 is 9.64 Å². The Labute approximate surface area is 131 Å². The van der Waals surface area contributed by atoms with E-state index in [-0.39, 0.29) is 11.1 Å². The Balaban J connectivity index is 2.41. The zero-order valence-electron chi connectivity index (χ0n) is 11.0. The number of carbonyl (C=O) groups is 1. The van der Waals surface area contributed by atoms with Crippen LogP contribution in [0.2, 0.25) is 5.02 Å². The highest BCUT2D eigenvalue weighted by molar-refractivity contribution is 8.13. The summed E-state index contributed by atoms with van der Waals surface area (Å²) in [6.45, 7) is 0.705. The first-order valence-corrected chi connectivity index (χ1v) is 8.68. The summed E-state index contributed by atoms with van der Waals surface area (Å²) in [7, 11) is 2.34. The van der Waals surface area contributed by atoms with Crippen molar-refractivity contribution in [3.8, 4) is 0 Å². The summed E-state index contributed by atoms with van der Waals surface area (Å²) < 4.78 is 42.0. The standard InChI is InChI=1S/C12H12Cl2FNO4S/c1-20-8-2-3-16(6-8)12(17)9-4-7(13)5-10(11(9)15)21(14,18)19/h4-5,8H,2-3,6H2,1H3. The van der Waals surface area contributed by atoms with Gasteiger partial charge in [-0.1, -0.05) is 11.6 Å². The van der Waals surface area contributed by atoms with Crippen molar-refractivity contribution in [3.05, 3.63) is 28.5 Å². The fraction of sp³-hybridized carbons (Fsp3) is 0.417. The summed E-state index contributed by atoms with van der Waals surface area (Å²) in [4.78, 5) is 12.9. The van der Waals surface area contributed by atoms with Gasteiger partial charge in [-0.15, -0.1) is 0 Å². The Morgan fingerprint density at radius 2 is 2.14 bits per heavy atom. The molecule has 1 saturated heterocycles. The van der Waals surface area contributed by atoms with Crippen LogP contribution >= 0.6 is 22.3 Å². The van der Waals surface area contributed by atoms with Gasteiger partial charge in [-0.3, -0.25) is 4.79 Å². The van der Waals surface area contributed by atoms with E-state index in [2.05, 4.69) is 0 Å². The van der Waals surface area contributed by atoms with Gasteiger partial charge in [0.05, 0.1) is 11.7 Å². The lowest BCUT2D eigenvalue weighted by Crippen LogP contribution is -2.31. The number of ether oxygens (including phenoxy) is 1. The Hall–Kier alpha value is -0.890. The van der Waals surface area contributed by atoms with Gasteiger partial charge >= 0.3 is 0 Å². The Morgan fingerprint density at radius 3 is 2.67 bits per heavy atom. The maximum atomic E-state index is 14.2. The van der Waals surface area contributed by atoms with Crippen LogP contribution in [0.15, 0.2) is 17.0 Å². The van der Waals surface area contributed by atoms with E-state index in [1.807, 2.05) is 0 Å². The second-order valence-corrected chi connectivity index (χ2v) is 7.57. The second kappa shape index (κ2) is 6.08. The first kappa shape index (κ1) is 16.5. The van der Waals surface area contributed by atoms with Crippen molar-refractivity contribution in [2.24, 2.45) is 0 Å². The van der Waals surface area contributed by atoms with Gasteiger partial charge in [-0.2, -0.15) is 0 Å². The lowest BCUT2D eigenvalue weighted by Gasteiger charge is -2.17. The van der Waals surface area contributed by atoms with Gasteiger partial charge in [0.2, 0.25) is 0 Å². The van der Waals surface area contributed by atoms with E-state index >= 15 is 0 Å². The van der Waals surface area contributed by atoms with Crippen molar-refractivity contribution in [2.45, 2.75) is 17.4 Å². The zero-order valence-corrected chi connectivity index (χ0v) is 13.3. The predicted molar refractivity (Wildman–Crippen MR) is 75.8 cm³/mol. The molecule has 1 amide bonds. The van der Waals surface area contributed by atoms with E-state index in [0.717, 1.165) is 12.1 Å². The molecule has 1 aliphatic rings. The van der Waals surface area contributed by atoms with Crippen LogP contribution in [0.3, 0.4) is 0 Å². The van der Waals surface area contributed by atoms with Crippen LogP contribution in [0.5, 0.6) is 0 Å². The molecule has 21 heavy (non-hydrogen) atoms. The molecule has 1 aromatic carbocycles. The van der Waals surface area contributed by atoms with E-state index in [9.17, 15) is 17.6 Å². The third-order valence-electron chi connectivity index (χ3n) is 3.26. The molecule has 0 aliphatic carbocycles. The van der Waals surface area contributed by atoms with Crippen LogP contribution in [0.1, 0.15) is 16.8 Å². The number of carbonyl (C=O) groups excluding carboxylic acids is 1. The van der Waals surface area contributed by atoms with Crippen LogP contribution in [0.25, 0.3) is 0 Å². The molecule has 1 atom stereocenters. The van der Waals surface area contributed by atoms with Gasteiger partial charge in [0.15, 0.2) is 5.82 Å². The van der Waals surface area contributed by atoms with Crippen molar-refractivity contribution in [1.29, 1.82) is 0 Å². The summed E-state index contributed by atoms with van der Waals surface area (Å²) >= 11 is 5.75. The van der Waals surface area contributed by atoms with Gasteiger partial charge in [0.1, 0.15) is 4.90 Å². The van der Waals surface area contributed by atoms with Crippen molar-refractivity contribution in [1.82, 2.24) is 4.90 Å². The van der Waals surface area contributed by atoms with E-state index < -0.39 is 31.2 Å². The summed E-state index contributed by atoms with van der Waals surface area (Å²) in [5, 5.41) is -0.0820. The van der Waals surface area contributed by atoms with Crippen molar-refractivity contribution in [2.75, 3.05) is 20.2 Å². The molecule has 2 rings (SSSR count). The van der Waals surface area contributed by atoms with Crippen LogP contribution in [0, 0.1) is 5.82 Å². The fourth-order valence-corrected chi connectivity index (χ4v) is 3.38. The molecule has 116 valence electrons. The van der Waals surface area contributed by atoms with Crippen LogP contribution in [0.4, 0.5) is 4.39 Å². The molecule has 0 bridgehead atoms. The van der Waals surface area contributed by atoms with Gasteiger partial charge in [0, 0.05) is 35.9 Å². The molecule has 9 heteroatoms. The minimum atomic E-state index is -4.33. The molecule has 1 heterocycles. The third-order valence-corrected chi connectivity index (χ3v) is 4.80. The molecule has 0 aromatic heterocycles. The number of likely N-dealkylation sites (tertiary alicyclic amines) is 1. The van der Waals surface area contributed by atoms with E-state index in [0.29, 0.717) is 19.5 Å². The number of nitrogens with zero attached hydrogens (tertiary/aromatic N) is 1. The highest BCUT2D eigenvalue weighted by atomic mass is 35.7. The number of halogens is 3. The monoisotopic (exact) mass is 355 g/mol. The lowest BCUT2D eigenvalue weighted by atomic mass is 10.2. The van der Waals surface area contributed by atoms with Crippen LogP contribution < -0.4 is 0 Å². The second-order valence-electron chi connectivity index (χ2n) is 4.60. The van der Waals surface area contributed by atoms with Gasteiger partial charge in [0.25, 0.3) is 15.0 Å². The maximum Gasteiger partial charge on any atom is 0.264 e. The average molecular weight is 356 g/mol. The molecular formula is C12H12Cl2FNO4S. The molecule has 1 aliphatic heterocycles. The quantitative estimate of drug-likeness (QED) is 0.780. The molecule has 0 spiro atoms. The van der Waals surface area contributed by atoms with Crippen molar-refractivity contribution >= 4 is 37.2 Å². The largest absolute Gasteiger partial charge is 0.380 e. The number of rotatable bonds is 3. The molecule has 0 saturated carbocycles. The highest BCUT2D eigenvalue weighted by Crippen LogP contribution is 2.28. The molecule has 0 radical (unpaired) electrons. The Kier molecular flexibility index (Phi) is 4.77. The summed E-state index contributed by atoms with van der Waals surface area (Å²) in [5.74, 6) is -1.84. The molecule has 5 nitrogen and oxygen atoms in total. The predicted octanol–water partition coefficient (Wildman–Crippen LogP) is 2.27. The van der Waals surface area contributed by atoms with Gasteiger partial charge in [-0.05, 0) is 18.6 Å². The lowest BCUT2D eigenvalue weighted by molar-refractivity contribution is 0.0719. The Morgan fingerprint density at radius 1 is 1.48 bits per heavy atom. The van der Waals surface area contributed by atoms with Crippen LogP contribution in [-0.4, -0.2) is 45.5 Å². The molecule has 1 unspecified atom stereocenters. The normalized spacial score (nSPS) is 19.0. The highest BCUT2D eigenvalue weighted by Gasteiger charge is 2.31. The maximum absolute atomic E-state index is 14.2. The number of amides is 1. The smallest absolute Gasteiger partial charge is 0.264 e. The van der Waals surface area contributed by atoms with E-state index in [1.165, 1.54) is 12.0 Å². The summed E-state index contributed by atoms with van der Waals surface area (Å²) in [6.07, 6.45) is 0.512. The Bertz CT molecular complexity index is 680. The molecule has 0 N–H and O–H groups in total. The summed E-state index contributed by atoms with van der Waals surface area (Å²) in [6, 6.07) is 1.96. The topological polar surface area (TPSA) is 63.7 Å². The zero-order chi connectivity index (χ0) is 15.8. The molecular weight excluding hydrogens is 344 g/mol. The van der Waals surface area contributed by atoms with E-state index in [4.69, 9.17) is 27.0 Å². The fourth-order valence-electron chi connectivity index (χ4n) is 2.17. The molecule has 1 fully saturated rings. The first-order valence-electron chi connectivity index (χ1n) is 6.00. The van der Waals surface area contributed by atoms with Crippen molar-refractivity contribution < 1.29 is 22.3 Å². The SMILES string of the molecule is COC1CCN(C(=O)c2cc(Cl)cc(S(=O)(=O)Cl)c2F)C1. The number of hydrogen-bond donors (Lipinski definition) is 0. The average Bonchev–Trinajstić information content (AvgIpc) is 2.87. The third kappa shape index (κ3) is 3.48. The van der Waals surface area contributed by atoms with Crippen molar-refractivity contribution in [3.63, 3.8) is 0 Å². The number of hydrogen-bond acceptors (Lipinski definition) is 4. The number of benzene rings is 1. The first-order chi connectivity index (χ1) is 9.74. The molecule has 1 aromatic rings. The summed E-state index contributed by atoms with van der Waals surface area (Å²) in [5.41, 5.74) is -0.418. The minimum Gasteiger partial charge on any atom is -0.380 e. The van der Waals surface area contributed by atoms with Crippen LogP contribution in [-0.2, 0) is 13.8 Å².